The zero-order chi connectivity index (χ0) is 18.4. The largest absolute Gasteiger partial charge is 0.335 e. The maximum absolute atomic E-state index is 12.1. The van der Waals surface area contributed by atoms with Crippen molar-refractivity contribution in [2.24, 2.45) is 11.7 Å². The maximum Gasteiger partial charge on any atom is 0.319 e. The van der Waals surface area contributed by atoms with Gasteiger partial charge in [-0.15, -0.1) is 0 Å². The molecule has 138 valence electrons. The Bertz CT molecular complexity index is 580. The lowest BCUT2D eigenvalue weighted by atomic mass is 10.0. The number of hydrogen-bond donors (Lipinski definition) is 4. The Labute approximate surface area is 149 Å². The fraction of sp³-hybridized carbons (Fsp3) is 0.556. The number of carbonyl (C=O) groups excluding carboxylic acids is 2. The molecular weight excluding hydrogens is 318 g/mol. The average molecular weight is 347 g/mol. The Balaban J connectivity index is 1.81. The number of hydrogen-bond acceptors (Lipinski definition) is 4. The molecule has 0 aromatic heterocycles. The molecule has 25 heavy (non-hydrogen) atoms. The van der Waals surface area contributed by atoms with Crippen LogP contribution in [0.1, 0.15) is 26.7 Å². The molecule has 1 aliphatic rings. The van der Waals surface area contributed by atoms with Crippen LogP contribution in [0, 0.1) is 5.92 Å². The number of benzene rings is 1. The first-order chi connectivity index (χ1) is 11.8. The third-order valence-electron chi connectivity index (χ3n) is 4.67. The van der Waals surface area contributed by atoms with E-state index >= 15 is 0 Å². The van der Waals surface area contributed by atoms with E-state index in [9.17, 15) is 9.59 Å². The molecule has 1 saturated heterocycles. The minimum absolute atomic E-state index is 0.115. The molecule has 3 amide bonds. The van der Waals surface area contributed by atoms with E-state index in [-0.39, 0.29) is 29.9 Å². The Morgan fingerprint density at radius 3 is 2.12 bits per heavy atom. The van der Waals surface area contributed by atoms with Crippen molar-refractivity contribution >= 4 is 23.3 Å². The van der Waals surface area contributed by atoms with Gasteiger partial charge in [0.1, 0.15) is 0 Å². The van der Waals surface area contributed by atoms with Gasteiger partial charge in [0.05, 0.1) is 5.92 Å². The summed E-state index contributed by atoms with van der Waals surface area (Å²) in [6, 6.07) is 6.87. The number of rotatable bonds is 5. The van der Waals surface area contributed by atoms with Crippen LogP contribution in [0.15, 0.2) is 24.3 Å². The quantitative estimate of drug-likeness (QED) is 0.653. The van der Waals surface area contributed by atoms with Gasteiger partial charge in [0, 0.05) is 23.5 Å². The highest BCUT2D eigenvalue weighted by molar-refractivity contribution is 5.93. The number of piperidine rings is 1. The van der Waals surface area contributed by atoms with E-state index in [1.165, 1.54) is 0 Å². The van der Waals surface area contributed by atoms with Gasteiger partial charge in [0.15, 0.2) is 0 Å². The van der Waals surface area contributed by atoms with Crippen molar-refractivity contribution in [3.63, 3.8) is 0 Å². The number of nitrogens with two attached hydrogens (primary N) is 1. The molecule has 7 heteroatoms. The van der Waals surface area contributed by atoms with Crippen molar-refractivity contribution < 1.29 is 9.59 Å². The first-order valence-electron chi connectivity index (χ1n) is 8.77. The van der Waals surface area contributed by atoms with Crippen molar-refractivity contribution in [1.29, 1.82) is 0 Å². The summed E-state index contributed by atoms with van der Waals surface area (Å²) in [6.07, 6.45) is 1.93. The highest BCUT2D eigenvalue weighted by Gasteiger charge is 2.19. The zero-order valence-electron chi connectivity index (χ0n) is 15.2. The van der Waals surface area contributed by atoms with Crippen LogP contribution in [0.3, 0.4) is 0 Å². The number of nitrogens with one attached hydrogen (secondary N) is 3. The van der Waals surface area contributed by atoms with Gasteiger partial charge in [-0.3, -0.25) is 4.79 Å². The van der Waals surface area contributed by atoms with E-state index in [2.05, 4.69) is 27.9 Å². The molecule has 0 aliphatic carbocycles. The lowest BCUT2D eigenvalue weighted by Gasteiger charge is -2.29. The molecule has 2 rings (SSSR count). The van der Waals surface area contributed by atoms with Gasteiger partial charge in [-0.25, -0.2) is 4.79 Å². The van der Waals surface area contributed by atoms with Gasteiger partial charge in [-0.2, -0.15) is 0 Å². The second-order valence-electron chi connectivity index (χ2n) is 6.89. The van der Waals surface area contributed by atoms with Crippen molar-refractivity contribution in [3.05, 3.63) is 24.3 Å². The Morgan fingerprint density at radius 1 is 1.08 bits per heavy atom. The number of anilines is 2. The van der Waals surface area contributed by atoms with Crippen LogP contribution in [-0.4, -0.2) is 49.1 Å². The number of likely N-dealkylation sites (tertiary alicyclic amines) is 1. The Morgan fingerprint density at radius 2 is 1.60 bits per heavy atom. The van der Waals surface area contributed by atoms with Crippen molar-refractivity contribution in [3.8, 4) is 0 Å². The van der Waals surface area contributed by atoms with Gasteiger partial charge < -0.3 is 26.6 Å². The van der Waals surface area contributed by atoms with Gasteiger partial charge in [0.2, 0.25) is 5.91 Å². The number of amides is 3. The van der Waals surface area contributed by atoms with Crippen LogP contribution in [-0.2, 0) is 4.79 Å². The Hall–Kier alpha value is -2.12. The second-order valence-corrected chi connectivity index (χ2v) is 6.89. The molecule has 7 nitrogen and oxygen atoms in total. The third-order valence-corrected chi connectivity index (χ3v) is 4.67. The summed E-state index contributed by atoms with van der Waals surface area (Å²) in [5, 5.41) is 8.65. The van der Waals surface area contributed by atoms with Crippen LogP contribution < -0.4 is 21.7 Å². The summed E-state index contributed by atoms with van der Waals surface area (Å²) in [7, 11) is 2.09. The fourth-order valence-corrected chi connectivity index (χ4v) is 2.64. The van der Waals surface area contributed by atoms with Crippen LogP contribution in [0.5, 0.6) is 0 Å². The lowest BCUT2D eigenvalue weighted by molar-refractivity contribution is -0.119. The molecule has 1 aromatic carbocycles. The number of nitrogens with zero attached hydrogens (tertiary/aromatic N) is 1. The van der Waals surface area contributed by atoms with Gasteiger partial charge >= 0.3 is 6.03 Å². The second kappa shape index (κ2) is 8.82. The topological polar surface area (TPSA) is 99.5 Å². The van der Waals surface area contributed by atoms with Gasteiger partial charge in [-0.05, 0) is 64.2 Å². The highest BCUT2D eigenvalue weighted by atomic mass is 16.2. The van der Waals surface area contributed by atoms with Gasteiger partial charge in [0.25, 0.3) is 0 Å². The molecule has 0 radical (unpaired) electrons. The van der Waals surface area contributed by atoms with Crippen molar-refractivity contribution in [2.45, 2.75) is 38.8 Å². The number of carbonyl (C=O) groups is 2. The van der Waals surface area contributed by atoms with E-state index in [0.29, 0.717) is 11.4 Å². The van der Waals surface area contributed by atoms with E-state index in [1.54, 1.807) is 38.1 Å². The van der Waals surface area contributed by atoms with Gasteiger partial charge in [-0.1, -0.05) is 6.92 Å². The van der Waals surface area contributed by atoms with E-state index < -0.39 is 0 Å². The predicted octanol–water partition coefficient (Wildman–Crippen LogP) is 1.82. The summed E-state index contributed by atoms with van der Waals surface area (Å²) in [5.74, 6) is -0.381. The monoisotopic (exact) mass is 347 g/mol. The Kier molecular flexibility index (Phi) is 6.78. The normalized spacial score (nSPS) is 18.2. The van der Waals surface area contributed by atoms with Crippen LogP contribution in [0.4, 0.5) is 16.2 Å². The molecule has 0 saturated carbocycles. The standard InChI is InChI=1S/C18H29N5O2/c1-12(13(2)19)17(24)20-14-4-6-15(7-5-14)21-18(25)22-16-8-10-23(3)11-9-16/h4-7,12-13,16H,8-11,19H2,1-3H3,(H,20,24)(H2,21,22,25). The van der Waals surface area contributed by atoms with Crippen LogP contribution in [0.2, 0.25) is 0 Å². The molecular formula is C18H29N5O2. The molecule has 1 aliphatic heterocycles. The summed E-state index contributed by atoms with van der Waals surface area (Å²) < 4.78 is 0. The molecule has 1 fully saturated rings. The highest BCUT2D eigenvalue weighted by Crippen LogP contribution is 2.15. The minimum Gasteiger partial charge on any atom is -0.335 e. The SMILES string of the molecule is CC(N)C(C)C(=O)Nc1ccc(NC(=O)NC2CCN(C)CC2)cc1. The average Bonchev–Trinajstić information content (AvgIpc) is 2.57. The molecule has 0 bridgehead atoms. The molecule has 2 unspecified atom stereocenters. The first-order valence-corrected chi connectivity index (χ1v) is 8.77. The molecule has 2 atom stereocenters. The summed E-state index contributed by atoms with van der Waals surface area (Å²) in [4.78, 5) is 26.3. The molecule has 0 spiro atoms. The first kappa shape index (κ1) is 19.2. The minimum atomic E-state index is -0.266. The summed E-state index contributed by atoms with van der Waals surface area (Å²) >= 11 is 0. The van der Waals surface area contributed by atoms with Crippen molar-refractivity contribution in [1.82, 2.24) is 10.2 Å². The smallest absolute Gasteiger partial charge is 0.319 e. The van der Waals surface area contributed by atoms with E-state index in [0.717, 1.165) is 25.9 Å². The molecule has 1 aromatic rings. The summed E-state index contributed by atoms with van der Waals surface area (Å²) in [6.45, 7) is 5.60. The van der Waals surface area contributed by atoms with E-state index in [1.807, 2.05) is 0 Å². The summed E-state index contributed by atoms with van der Waals surface area (Å²) in [5.41, 5.74) is 7.10. The predicted molar refractivity (Wildman–Crippen MR) is 101 cm³/mol. The van der Waals surface area contributed by atoms with Crippen molar-refractivity contribution in [2.75, 3.05) is 30.8 Å². The maximum atomic E-state index is 12.1. The zero-order valence-corrected chi connectivity index (χ0v) is 15.2. The third kappa shape index (κ3) is 6.03. The van der Waals surface area contributed by atoms with Crippen LogP contribution in [0.25, 0.3) is 0 Å². The van der Waals surface area contributed by atoms with Crippen LogP contribution >= 0.6 is 0 Å². The lowest BCUT2D eigenvalue weighted by Crippen LogP contribution is -2.44. The number of urea groups is 1. The fourth-order valence-electron chi connectivity index (χ4n) is 2.64. The molecule has 1 heterocycles. The van der Waals surface area contributed by atoms with E-state index in [4.69, 9.17) is 5.73 Å². The molecule has 5 N–H and O–H groups in total.